The van der Waals surface area contributed by atoms with E-state index in [1.54, 1.807) is 0 Å². The Morgan fingerprint density at radius 2 is 1.70 bits per heavy atom. The van der Waals surface area contributed by atoms with Gasteiger partial charge in [0.15, 0.2) is 5.60 Å². The third kappa shape index (κ3) is 3.02. The second kappa shape index (κ2) is 7.27. The van der Waals surface area contributed by atoms with Crippen molar-refractivity contribution in [3.63, 3.8) is 0 Å². The van der Waals surface area contributed by atoms with Gasteiger partial charge in [-0.05, 0) is 74.4 Å². The van der Waals surface area contributed by atoms with Gasteiger partial charge in [-0.2, -0.15) is 0 Å². The molecule has 3 N–H and O–H groups in total. The summed E-state index contributed by atoms with van der Waals surface area (Å²) in [7, 11) is 0. The van der Waals surface area contributed by atoms with Crippen molar-refractivity contribution >= 4 is 17.3 Å². The number of ether oxygens (including phenoxy) is 2. The summed E-state index contributed by atoms with van der Waals surface area (Å²) in [4.78, 5) is 13.0. The summed E-state index contributed by atoms with van der Waals surface area (Å²) in [6.07, 6.45) is 4.86. The standard InChI is InChI=1S/C28H28N2O3/c1-16-7-9-18(10-8-16)30-19-11-12-22-26(14-19)32-25-13-17(2)24(29)15-23(25)28(22)21-6-4-3-5-20(21)27(31)33-28/h3-6,11-16,18,30H,7-10,29H2,1-2H3. The van der Waals surface area contributed by atoms with E-state index >= 15 is 0 Å². The highest BCUT2D eigenvalue weighted by molar-refractivity contribution is 5.97. The summed E-state index contributed by atoms with van der Waals surface area (Å²) >= 11 is 0. The van der Waals surface area contributed by atoms with E-state index in [1.807, 2.05) is 55.5 Å². The third-order valence-electron chi connectivity index (χ3n) is 7.49. The molecule has 3 aliphatic rings. The number of anilines is 2. The van der Waals surface area contributed by atoms with Gasteiger partial charge in [-0.3, -0.25) is 0 Å². The molecule has 1 aliphatic carbocycles. The maximum Gasteiger partial charge on any atom is 0.340 e. The van der Waals surface area contributed by atoms with Crippen LogP contribution in [0.4, 0.5) is 11.4 Å². The fraction of sp³-hybridized carbons (Fsp3) is 0.321. The van der Waals surface area contributed by atoms with Crippen LogP contribution in [0.5, 0.6) is 11.5 Å². The molecule has 5 heteroatoms. The van der Waals surface area contributed by atoms with E-state index in [4.69, 9.17) is 15.2 Å². The molecule has 2 heterocycles. The molecule has 168 valence electrons. The van der Waals surface area contributed by atoms with Crippen LogP contribution in [0.1, 0.15) is 65.2 Å². The van der Waals surface area contributed by atoms with Crippen molar-refractivity contribution in [1.82, 2.24) is 0 Å². The van der Waals surface area contributed by atoms with Crippen molar-refractivity contribution < 1.29 is 14.3 Å². The van der Waals surface area contributed by atoms with Gasteiger partial charge in [-0.1, -0.05) is 25.1 Å². The number of carbonyl (C=O) groups excluding carboxylic acids is 1. The van der Waals surface area contributed by atoms with Gasteiger partial charge in [-0.25, -0.2) is 4.79 Å². The molecule has 0 saturated heterocycles. The zero-order chi connectivity index (χ0) is 22.7. The fourth-order valence-corrected chi connectivity index (χ4v) is 5.57. The van der Waals surface area contributed by atoms with Crippen molar-refractivity contribution in [3.05, 3.63) is 82.4 Å². The first-order valence-corrected chi connectivity index (χ1v) is 11.8. The molecule has 1 spiro atoms. The van der Waals surface area contributed by atoms with Gasteiger partial charge >= 0.3 is 5.97 Å². The second-order valence-electron chi connectivity index (χ2n) is 9.74. The van der Waals surface area contributed by atoms with Crippen molar-refractivity contribution in [2.45, 2.75) is 51.2 Å². The molecule has 1 saturated carbocycles. The lowest BCUT2D eigenvalue weighted by Gasteiger charge is -2.37. The van der Waals surface area contributed by atoms with Crippen LogP contribution >= 0.6 is 0 Å². The number of fused-ring (bicyclic) bond motifs is 6. The number of nitrogens with one attached hydrogen (secondary N) is 1. The Morgan fingerprint density at radius 1 is 0.939 bits per heavy atom. The van der Waals surface area contributed by atoms with Crippen LogP contribution in [0.2, 0.25) is 0 Å². The number of aryl methyl sites for hydroxylation is 1. The lowest BCUT2D eigenvalue weighted by atomic mass is 9.77. The number of carbonyl (C=O) groups is 1. The maximum atomic E-state index is 13.0. The van der Waals surface area contributed by atoms with E-state index in [0.29, 0.717) is 28.8 Å². The maximum absolute atomic E-state index is 13.0. The molecule has 0 radical (unpaired) electrons. The van der Waals surface area contributed by atoms with Gasteiger partial charge in [0.25, 0.3) is 0 Å². The Balaban J connectivity index is 1.49. The molecule has 0 amide bonds. The van der Waals surface area contributed by atoms with Crippen LogP contribution in [0.25, 0.3) is 0 Å². The van der Waals surface area contributed by atoms with E-state index in [2.05, 4.69) is 18.3 Å². The summed E-state index contributed by atoms with van der Waals surface area (Å²) in [5.41, 5.74) is 10.8. The van der Waals surface area contributed by atoms with Crippen molar-refractivity contribution in [2.75, 3.05) is 11.1 Å². The van der Waals surface area contributed by atoms with Gasteiger partial charge in [0.2, 0.25) is 0 Å². The Bertz CT molecular complexity index is 1280. The fourth-order valence-electron chi connectivity index (χ4n) is 5.57. The second-order valence-corrected chi connectivity index (χ2v) is 9.74. The summed E-state index contributed by atoms with van der Waals surface area (Å²) in [6.45, 7) is 4.28. The minimum absolute atomic E-state index is 0.331. The first-order chi connectivity index (χ1) is 16.0. The minimum atomic E-state index is -1.07. The number of nitrogen functional groups attached to an aromatic ring is 1. The molecule has 1 atom stereocenters. The molecular formula is C28H28N2O3. The van der Waals surface area contributed by atoms with Gasteiger partial charge in [0.05, 0.1) is 5.56 Å². The third-order valence-corrected chi connectivity index (χ3v) is 7.49. The van der Waals surface area contributed by atoms with E-state index < -0.39 is 5.60 Å². The van der Waals surface area contributed by atoms with E-state index in [1.165, 1.54) is 25.7 Å². The monoisotopic (exact) mass is 440 g/mol. The van der Waals surface area contributed by atoms with Crippen molar-refractivity contribution in [1.29, 1.82) is 0 Å². The lowest BCUT2D eigenvalue weighted by Crippen LogP contribution is -2.33. The van der Waals surface area contributed by atoms with Crippen LogP contribution in [-0.4, -0.2) is 12.0 Å². The van der Waals surface area contributed by atoms with Crippen LogP contribution in [0.3, 0.4) is 0 Å². The summed E-state index contributed by atoms with van der Waals surface area (Å²) in [6, 6.07) is 18.0. The molecule has 0 aromatic heterocycles. The summed E-state index contributed by atoms with van der Waals surface area (Å²) < 4.78 is 12.6. The molecule has 3 aromatic rings. The minimum Gasteiger partial charge on any atom is -0.456 e. The first kappa shape index (κ1) is 20.2. The average Bonchev–Trinajstić information content (AvgIpc) is 3.10. The van der Waals surface area contributed by atoms with Crippen LogP contribution in [0.15, 0.2) is 54.6 Å². The molecule has 0 bridgehead atoms. The first-order valence-electron chi connectivity index (χ1n) is 11.8. The number of benzene rings is 3. The molecule has 2 aliphatic heterocycles. The Kier molecular flexibility index (Phi) is 4.44. The molecule has 33 heavy (non-hydrogen) atoms. The van der Waals surface area contributed by atoms with Gasteiger partial charge in [0, 0.05) is 40.2 Å². The molecular weight excluding hydrogens is 412 g/mol. The molecule has 6 rings (SSSR count). The average molecular weight is 441 g/mol. The lowest BCUT2D eigenvalue weighted by molar-refractivity contribution is 0.0224. The van der Waals surface area contributed by atoms with Crippen molar-refractivity contribution in [3.8, 4) is 11.5 Å². The molecule has 1 unspecified atom stereocenters. The van der Waals surface area contributed by atoms with Crippen LogP contribution in [0, 0.1) is 12.8 Å². The van der Waals surface area contributed by atoms with Gasteiger partial charge in [-0.15, -0.1) is 0 Å². The van der Waals surface area contributed by atoms with Gasteiger partial charge in [0.1, 0.15) is 11.5 Å². The van der Waals surface area contributed by atoms with E-state index in [0.717, 1.165) is 33.9 Å². The SMILES string of the molecule is Cc1cc2c(cc1N)C1(OC(=O)c3ccccc31)c1ccc(NC3CCC(C)CC3)cc1O2. The Hall–Kier alpha value is -3.47. The molecule has 5 nitrogen and oxygen atoms in total. The van der Waals surface area contributed by atoms with Crippen LogP contribution in [-0.2, 0) is 10.3 Å². The zero-order valence-corrected chi connectivity index (χ0v) is 19.0. The molecule has 3 aromatic carbocycles. The highest BCUT2D eigenvalue weighted by Gasteiger charge is 2.53. The smallest absolute Gasteiger partial charge is 0.340 e. The number of hydrogen-bond acceptors (Lipinski definition) is 5. The largest absolute Gasteiger partial charge is 0.456 e. The Labute approximate surface area is 193 Å². The normalized spacial score (nSPS) is 25.0. The van der Waals surface area contributed by atoms with E-state index in [9.17, 15) is 4.79 Å². The number of nitrogens with two attached hydrogens (primary N) is 1. The quantitative estimate of drug-likeness (QED) is 0.370. The topological polar surface area (TPSA) is 73.6 Å². The summed E-state index contributed by atoms with van der Waals surface area (Å²) in [5.74, 6) is 1.84. The molecule has 1 fully saturated rings. The van der Waals surface area contributed by atoms with Gasteiger partial charge < -0.3 is 20.5 Å². The summed E-state index contributed by atoms with van der Waals surface area (Å²) in [5, 5.41) is 3.70. The van der Waals surface area contributed by atoms with Crippen LogP contribution < -0.4 is 15.8 Å². The predicted octanol–water partition coefficient (Wildman–Crippen LogP) is 6.14. The number of rotatable bonds is 2. The highest BCUT2D eigenvalue weighted by atomic mass is 16.6. The number of esters is 1. The Morgan fingerprint density at radius 3 is 2.52 bits per heavy atom. The van der Waals surface area contributed by atoms with E-state index in [-0.39, 0.29) is 5.97 Å². The number of hydrogen-bond donors (Lipinski definition) is 2. The van der Waals surface area contributed by atoms with Crippen molar-refractivity contribution in [2.24, 2.45) is 5.92 Å². The highest BCUT2D eigenvalue weighted by Crippen LogP contribution is 2.57. The zero-order valence-electron chi connectivity index (χ0n) is 19.0. The predicted molar refractivity (Wildman–Crippen MR) is 129 cm³/mol.